The summed E-state index contributed by atoms with van der Waals surface area (Å²) >= 11 is 0. The highest BCUT2D eigenvalue weighted by Gasteiger charge is 2.52. The minimum atomic E-state index is 0.321. The Morgan fingerprint density at radius 3 is 2.21 bits per heavy atom. The SMILES string of the molecule is NC1CC(C(=O)C2CC3(CCC3)C2)C1. The maximum atomic E-state index is 11.9. The summed E-state index contributed by atoms with van der Waals surface area (Å²) < 4.78 is 0. The first kappa shape index (κ1) is 8.90. The predicted molar refractivity (Wildman–Crippen MR) is 54.7 cm³/mol. The van der Waals surface area contributed by atoms with E-state index in [4.69, 9.17) is 5.73 Å². The Labute approximate surface area is 85.2 Å². The Balaban J connectivity index is 1.51. The van der Waals surface area contributed by atoms with Gasteiger partial charge in [0.15, 0.2) is 0 Å². The molecule has 0 amide bonds. The fraction of sp³-hybridized carbons (Fsp3) is 0.917. The molecule has 0 heterocycles. The summed E-state index contributed by atoms with van der Waals surface area (Å²) in [5, 5.41) is 0. The molecule has 14 heavy (non-hydrogen) atoms. The Kier molecular flexibility index (Phi) is 1.79. The number of nitrogens with two attached hydrogens (primary N) is 1. The van der Waals surface area contributed by atoms with Crippen LogP contribution in [0.1, 0.15) is 44.9 Å². The number of hydrogen-bond donors (Lipinski definition) is 1. The highest BCUT2D eigenvalue weighted by atomic mass is 16.1. The zero-order chi connectivity index (χ0) is 9.76. The summed E-state index contributed by atoms with van der Waals surface area (Å²) in [6, 6.07) is 0.321. The minimum Gasteiger partial charge on any atom is -0.328 e. The third-order valence-electron chi connectivity index (χ3n) is 4.75. The smallest absolute Gasteiger partial charge is 0.139 e. The van der Waals surface area contributed by atoms with Crippen LogP contribution in [-0.4, -0.2) is 11.8 Å². The second kappa shape index (κ2) is 2.82. The number of hydrogen-bond acceptors (Lipinski definition) is 2. The van der Waals surface area contributed by atoms with Crippen molar-refractivity contribution in [3.8, 4) is 0 Å². The van der Waals surface area contributed by atoms with Gasteiger partial charge in [0.2, 0.25) is 0 Å². The normalized spacial score (nSPS) is 39.8. The number of Topliss-reactive ketones (excluding diaryl/α,β-unsaturated/α-hetero) is 1. The predicted octanol–water partition coefficient (Wildman–Crippen LogP) is 1.87. The molecule has 0 atom stereocenters. The van der Waals surface area contributed by atoms with Crippen molar-refractivity contribution in [2.75, 3.05) is 0 Å². The molecule has 78 valence electrons. The average Bonchev–Trinajstić information content (AvgIpc) is 1.92. The molecule has 2 heteroatoms. The molecular formula is C12H19NO. The van der Waals surface area contributed by atoms with Crippen LogP contribution in [0.25, 0.3) is 0 Å². The van der Waals surface area contributed by atoms with Gasteiger partial charge >= 0.3 is 0 Å². The first-order chi connectivity index (χ1) is 6.69. The van der Waals surface area contributed by atoms with Gasteiger partial charge in [0.25, 0.3) is 0 Å². The lowest BCUT2D eigenvalue weighted by atomic mass is 9.50. The van der Waals surface area contributed by atoms with E-state index in [-0.39, 0.29) is 0 Å². The van der Waals surface area contributed by atoms with Gasteiger partial charge in [-0.25, -0.2) is 0 Å². The van der Waals surface area contributed by atoms with E-state index in [9.17, 15) is 4.79 Å². The molecule has 0 saturated heterocycles. The molecule has 3 saturated carbocycles. The molecule has 0 unspecified atom stereocenters. The maximum absolute atomic E-state index is 11.9. The maximum Gasteiger partial charge on any atom is 0.139 e. The lowest BCUT2D eigenvalue weighted by molar-refractivity contribution is -0.141. The number of carbonyl (C=O) groups excluding carboxylic acids is 1. The van der Waals surface area contributed by atoms with Gasteiger partial charge < -0.3 is 5.73 Å². The van der Waals surface area contributed by atoms with Crippen LogP contribution in [0.2, 0.25) is 0 Å². The summed E-state index contributed by atoms with van der Waals surface area (Å²) in [6.07, 6.45) is 8.51. The lowest BCUT2D eigenvalue weighted by Gasteiger charge is -2.54. The number of ketones is 1. The van der Waals surface area contributed by atoms with Gasteiger partial charge in [0, 0.05) is 17.9 Å². The van der Waals surface area contributed by atoms with Crippen molar-refractivity contribution < 1.29 is 4.79 Å². The molecule has 2 N–H and O–H groups in total. The quantitative estimate of drug-likeness (QED) is 0.727. The highest BCUT2D eigenvalue weighted by molar-refractivity contribution is 5.85. The molecule has 2 nitrogen and oxygen atoms in total. The van der Waals surface area contributed by atoms with Gasteiger partial charge in [0.05, 0.1) is 0 Å². The molecule has 3 rings (SSSR count). The summed E-state index contributed by atoms with van der Waals surface area (Å²) in [5.74, 6) is 1.31. The largest absolute Gasteiger partial charge is 0.328 e. The summed E-state index contributed by atoms with van der Waals surface area (Å²) in [7, 11) is 0. The Morgan fingerprint density at radius 2 is 1.79 bits per heavy atom. The molecule has 0 aromatic heterocycles. The van der Waals surface area contributed by atoms with Crippen LogP contribution in [0, 0.1) is 17.3 Å². The topological polar surface area (TPSA) is 43.1 Å². The van der Waals surface area contributed by atoms with Gasteiger partial charge in [-0.3, -0.25) is 4.79 Å². The van der Waals surface area contributed by atoms with E-state index in [2.05, 4.69) is 0 Å². The van der Waals surface area contributed by atoms with E-state index in [1.807, 2.05) is 0 Å². The first-order valence-corrected chi connectivity index (χ1v) is 5.98. The lowest BCUT2D eigenvalue weighted by Crippen LogP contribution is -2.50. The van der Waals surface area contributed by atoms with E-state index >= 15 is 0 Å². The second-order valence-electron chi connectivity index (χ2n) is 5.79. The van der Waals surface area contributed by atoms with Crippen molar-refractivity contribution in [1.82, 2.24) is 0 Å². The molecule has 1 spiro atoms. The third kappa shape index (κ3) is 1.16. The van der Waals surface area contributed by atoms with Crippen LogP contribution >= 0.6 is 0 Å². The summed E-state index contributed by atoms with van der Waals surface area (Å²) in [4.78, 5) is 11.9. The van der Waals surface area contributed by atoms with Crippen LogP contribution in [0.3, 0.4) is 0 Å². The molecule has 0 aromatic carbocycles. The van der Waals surface area contributed by atoms with Gasteiger partial charge in [-0.1, -0.05) is 6.42 Å². The monoisotopic (exact) mass is 193 g/mol. The molecule has 0 aromatic rings. The van der Waals surface area contributed by atoms with E-state index in [1.165, 1.54) is 32.1 Å². The van der Waals surface area contributed by atoms with Crippen LogP contribution in [-0.2, 0) is 4.79 Å². The molecule has 0 bridgehead atoms. The molecule has 3 fully saturated rings. The van der Waals surface area contributed by atoms with Crippen molar-refractivity contribution >= 4 is 5.78 Å². The van der Waals surface area contributed by atoms with Crippen LogP contribution in [0.15, 0.2) is 0 Å². The minimum absolute atomic E-state index is 0.321. The zero-order valence-electron chi connectivity index (χ0n) is 8.67. The molecule has 0 radical (unpaired) electrons. The van der Waals surface area contributed by atoms with Crippen molar-refractivity contribution in [1.29, 1.82) is 0 Å². The van der Waals surface area contributed by atoms with Gasteiger partial charge in [0.1, 0.15) is 5.78 Å². The van der Waals surface area contributed by atoms with Crippen molar-refractivity contribution in [3.05, 3.63) is 0 Å². The van der Waals surface area contributed by atoms with Crippen molar-refractivity contribution in [3.63, 3.8) is 0 Å². The molecular weight excluding hydrogens is 174 g/mol. The van der Waals surface area contributed by atoms with E-state index in [1.54, 1.807) is 0 Å². The van der Waals surface area contributed by atoms with Crippen LogP contribution in [0.4, 0.5) is 0 Å². The fourth-order valence-corrected chi connectivity index (χ4v) is 3.50. The van der Waals surface area contributed by atoms with Gasteiger partial charge in [-0.15, -0.1) is 0 Å². The number of carbonyl (C=O) groups is 1. The van der Waals surface area contributed by atoms with Crippen LogP contribution in [0.5, 0.6) is 0 Å². The van der Waals surface area contributed by atoms with Crippen molar-refractivity contribution in [2.24, 2.45) is 23.0 Å². The Hall–Kier alpha value is -0.370. The van der Waals surface area contributed by atoms with E-state index in [0.717, 1.165) is 12.8 Å². The first-order valence-electron chi connectivity index (χ1n) is 5.98. The third-order valence-corrected chi connectivity index (χ3v) is 4.75. The molecule has 0 aliphatic heterocycles. The molecule has 3 aliphatic rings. The van der Waals surface area contributed by atoms with Crippen molar-refractivity contribution in [2.45, 2.75) is 51.0 Å². The highest BCUT2D eigenvalue weighted by Crippen LogP contribution is 2.59. The Morgan fingerprint density at radius 1 is 1.14 bits per heavy atom. The fourth-order valence-electron chi connectivity index (χ4n) is 3.50. The average molecular weight is 193 g/mol. The summed E-state index contributed by atoms with van der Waals surface area (Å²) in [6.45, 7) is 0. The van der Waals surface area contributed by atoms with Crippen LogP contribution < -0.4 is 5.73 Å². The van der Waals surface area contributed by atoms with E-state index in [0.29, 0.717) is 29.1 Å². The standard InChI is InChI=1S/C12H19NO/c13-10-4-8(5-10)11(14)9-6-12(7-9)2-1-3-12/h8-10H,1-7,13H2. The van der Waals surface area contributed by atoms with Gasteiger partial charge in [-0.05, 0) is 43.9 Å². The summed E-state index contributed by atoms with van der Waals surface area (Å²) in [5.41, 5.74) is 6.35. The van der Waals surface area contributed by atoms with E-state index < -0.39 is 0 Å². The molecule has 3 aliphatic carbocycles. The Bertz CT molecular complexity index is 255. The second-order valence-corrected chi connectivity index (χ2v) is 5.79. The van der Waals surface area contributed by atoms with Gasteiger partial charge in [-0.2, -0.15) is 0 Å². The zero-order valence-corrected chi connectivity index (χ0v) is 8.67. The number of rotatable bonds is 2.